The molecule has 0 spiro atoms. The molecule has 0 aliphatic heterocycles. The lowest BCUT2D eigenvalue weighted by Gasteiger charge is -2.25. The Morgan fingerprint density at radius 2 is 1.67 bits per heavy atom. The molecule has 0 N–H and O–H groups in total. The largest absolute Gasteiger partial charge is 0.469 e. The van der Waals surface area contributed by atoms with Crippen LogP contribution in [0.5, 0.6) is 0 Å². The molecule has 1 aromatic carbocycles. The summed E-state index contributed by atoms with van der Waals surface area (Å²) in [5.41, 5.74) is 0.659. The molecule has 18 heavy (non-hydrogen) atoms. The topological polar surface area (TPSA) is 43.4 Å². The number of methoxy groups -OCH3 is 1. The van der Waals surface area contributed by atoms with E-state index in [1.165, 1.54) is 7.11 Å². The molecule has 1 aliphatic carbocycles. The van der Waals surface area contributed by atoms with Crippen LogP contribution in [0.2, 0.25) is 0 Å². The van der Waals surface area contributed by atoms with E-state index >= 15 is 0 Å². The zero-order valence-corrected chi connectivity index (χ0v) is 10.3. The quantitative estimate of drug-likeness (QED) is 0.466. The van der Waals surface area contributed by atoms with Crippen molar-refractivity contribution in [1.82, 2.24) is 0 Å². The monoisotopic (exact) mass is 244 g/mol. The van der Waals surface area contributed by atoms with Gasteiger partial charge >= 0.3 is 5.97 Å². The van der Waals surface area contributed by atoms with Crippen molar-refractivity contribution < 1.29 is 14.3 Å². The molecule has 0 saturated carbocycles. The molecule has 94 valence electrons. The maximum absolute atomic E-state index is 12.4. The molecule has 0 amide bonds. The Kier molecular flexibility index (Phi) is 3.92. The predicted octanol–water partition coefficient (Wildman–Crippen LogP) is 2.62. The molecule has 0 unspecified atom stereocenters. The van der Waals surface area contributed by atoms with E-state index in [1.54, 1.807) is 12.1 Å². The van der Waals surface area contributed by atoms with Crippen molar-refractivity contribution >= 4 is 11.8 Å². The Bertz CT molecular complexity index is 462. The fourth-order valence-electron chi connectivity index (χ4n) is 2.33. The number of rotatable bonds is 3. The highest BCUT2D eigenvalue weighted by atomic mass is 16.5. The van der Waals surface area contributed by atoms with Gasteiger partial charge in [-0.3, -0.25) is 9.59 Å². The molecule has 0 fully saturated rings. The number of Topliss-reactive ketones (excluding diaryl/α,β-unsaturated/α-hetero) is 1. The van der Waals surface area contributed by atoms with Gasteiger partial charge in [-0.05, 0) is 12.8 Å². The second kappa shape index (κ2) is 5.63. The highest BCUT2D eigenvalue weighted by molar-refractivity contribution is 6.00. The van der Waals surface area contributed by atoms with E-state index in [-0.39, 0.29) is 23.6 Å². The molecule has 0 radical (unpaired) electrons. The van der Waals surface area contributed by atoms with E-state index in [0.29, 0.717) is 18.4 Å². The lowest BCUT2D eigenvalue weighted by atomic mass is 9.78. The zero-order valence-electron chi connectivity index (χ0n) is 10.3. The molecule has 1 aromatic rings. The minimum Gasteiger partial charge on any atom is -0.469 e. The van der Waals surface area contributed by atoms with E-state index in [1.807, 2.05) is 30.4 Å². The number of benzene rings is 1. The number of ketones is 1. The summed E-state index contributed by atoms with van der Waals surface area (Å²) < 4.78 is 4.78. The Morgan fingerprint density at radius 1 is 1.06 bits per heavy atom. The number of carbonyl (C=O) groups excluding carboxylic acids is 2. The van der Waals surface area contributed by atoms with Crippen LogP contribution in [0, 0.1) is 11.8 Å². The Labute approximate surface area is 106 Å². The molecule has 0 bridgehead atoms. The van der Waals surface area contributed by atoms with E-state index < -0.39 is 0 Å². The van der Waals surface area contributed by atoms with Crippen LogP contribution in [-0.2, 0) is 9.53 Å². The number of hydrogen-bond donors (Lipinski definition) is 0. The Morgan fingerprint density at radius 3 is 2.28 bits per heavy atom. The normalized spacial score (nSPS) is 22.5. The van der Waals surface area contributed by atoms with Gasteiger partial charge in [-0.1, -0.05) is 42.5 Å². The van der Waals surface area contributed by atoms with Crippen LogP contribution in [0.15, 0.2) is 42.5 Å². The predicted molar refractivity (Wildman–Crippen MR) is 68.1 cm³/mol. The lowest BCUT2D eigenvalue weighted by molar-refractivity contribution is -0.146. The Balaban J connectivity index is 2.22. The van der Waals surface area contributed by atoms with Crippen molar-refractivity contribution in [3.05, 3.63) is 48.0 Å². The second-order valence-electron chi connectivity index (χ2n) is 4.41. The number of ether oxygens (including phenoxy) is 1. The summed E-state index contributed by atoms with van der Waals surface area (Å²) in [5.74, 6) is -0.929. The lowest BCUT2D eigenvalue weighted by Crippen LogP contribution is -2.32. The first-order chi connectivity index (χ1) is 8.74. The van der Waals surface area contributed by atoms with Crippen molar-refractivity contribution in [3.8, 4) is 0 Å². The van der Waals surface area contributed by atoms with Gasteiger partial charge in [-0.25, -0.2) is 0 Å². The van der Waals surface area contributed by atoms with Crippen LogP contribution in [0.3, 0.4) is 0 Å². The van der Waals surface area contributed by atoms with Crippen LogP contribution in [0.25, 0.3) is 0 Å². The molecule has 2 atom stereocenters. The molecule has 2 rings (SSSR count). The minimum absolute atomic E-state index is 0.0235. The molecule has 0 saturated heterocycles. The van der Waals surface area contributed by atoms with Crippen molar-refractivity contribution in [3.63, 3.8) is 0 Å². The van der Waals surface area contributed by atoms with Gasteiger partial charge < -0.3 is 4.74 Å². The minimum atomic E-state index is -0.354. The van der Waals surface area contributed by atoms with Crippen molar-refractivity contribution in [2.75, 3.05) is 7.11 Å². The number of hydrogen-bond acceptors (Lipinski definition) is 3. The summed E-state index contributed by atoms with van der Waals surface area (Å²) in [5, 5.41) is 0. The van der Waals surface area contributed by atoms with Crippen molar-refractivity contribution in [2.24, 2.45) is 11.8 Å². The fraction of sp³-hybridized carbons (Fsp3) is 0.333. The summed E-state index contributed by atoms with van der Waals surface area (Å²) in [6, 6.07) is 9.11. The smallest absolute Gasteiger partial charge is 0.309 e. The zero-order chi connectivity index (χ0) is 13.0. The standard InChI is InChI=1S/C15H16O3/c1-18-15(17)13-10-6-5-9-12(13)14(16)11-7-3-2-4-8-11/h2-8,12-13H,9-10H2,1H3/t12-,13+/m0/s1. The first-order valence-corrected chi connectivity index (χ1v) is 6.06. The van der Waals surface area contributed by atoms with Gasteiger partial charge in [0, 0.05) is 11.5 Å². The number of esters is 1. The van der Waals surface area contributed by atoms with Gasteiger partial charge in [-0.15, -0.1) is 0 Å². The van der Waals surface area contributed by atoms with Gasteiger partial charge in [-0.2, -0.15) is 0 Å². The molecule has 3 heteroatoms. The van der Waals surface area contributed by atoms with E-state index in [2.05, 4.69) is 0 Å². The fourth-order valence-corrected chi connectivity index (χ4v) is 2.33. The van der Waals surface area contributed by atoms with Crippen LogP contribution in [0.4, 0.5) is 0 Å². The van der Waals surface area contributed by atoms with Gasteiger partial charge in [0.05, 0.1) is 13.0 Å². The Hall–Kier alpha value is -1.90. The SMILES string of the molecule is COC(=O)[C@@H]1CC=CC[C@@H]1C(=O)c1ccccc1. The third kappa shape index (κ3) is 2.50. The van der Waals surface area contributed by atoms with Gasteiger partial charge in [0.25, 0.3) is 0 Å². The van der Waals surface area contributed by atoms with Crippen molar-refractivity contribution in [1.29, 1.82) is 0 Å². The maximum atomic E-state index is 12.4. The third-order valence-corrected chi connectivity index (χ3v) is 3.33. The van der Waals surface area contributed by atoms with Gasteiger partial charge in [0.1, 0.15) is 0 Å². The highest BCUT2D eigenvalue weighted by Crippen LogP contribution is 2.29. The van der Waals surface area contributed by atoms with E-state index in [4.69, 9.17) is 4.74 Å². The third-order valence-electron chi connectivity index (χ3n) is 3.33. The van der Waals surface area contributed by atoms with Crippen LogP contribution in [0.1, 0.15) is 23.2 Å². The highest BCUT2D eigenvalue weighted by Gasteiger charge is 2.34. The van der Waals surface area contributed by atoms with Crippen LogP contribution < -0.4 is 0 Å². The number of carbonyl (C=O) groups is 2. The van der Waals surface area contributed by atoms with Crippen LogP contribution >= 0.6 is 0 Å². The first kappa shape index (κ1) is 12.6. The molecular weight excluding hydrogens is 228 g/mol. The second-order valence-corrected chi connectivity index (χ2v) is 4.41. The molecule has 0 heterocycles. The van der Waals surface area contributed by atoms with E-state index in [0.717, 1.165) is 0 Å². The molecular formula is C15H16O3. The maximum Gasteiger partial charge on any atom is 0.309 e. The van der Waals surface area contributed by atoms with E-state index in [9.17, 15) is 9.59 Å². The average molecular weight is 244 g/mol. The first-order valence-electron chi connectivity index (χ1n) is 6.06. The van der Waals surface area contributed by atoms with Gasteiger partial charge in [0.15, 0.2) is 5.78 Å². The molecule has 1 aliphatic rings. The van der Waals surface area contributed by atoms with Gasteiger partial charge in [0.2, 0.25) is 0 Å². The molecule has 3 nitrogen and oxygen atoms in total. The molecule has 0 aromatic heterocycles. The summed E-state index contributed by atoms with van der Waals surface area (Å²) in [6.07, 6.45) is 5.09. The average Bonchev–Trinajstić information content (AvgIpc) is 2.46. The summed E-state index contributed by atoms with van der Waals surface area (Å²) in [7, 11) is 1.37. The number of allylic oxidation sites excluding steroid dienone is 2. The van der Waals surface area contributed by atoms with Crippen LogP contribution in [-0.4, -0.2) is 18.9 Å². The summed E-state index contributed by atoms with van der Waals surface area (Å²) in [4.78, 5) is 24.1. The van der Waals surface area contributed by atoms with Crippen molar-refractivity contribution in [2.45, 2.75) is 12.8 Å². The summed E-state index contributed by atoms with van der Waals surface area (Å²) in [6.45, 7) is 0. The summed E-state index contributed by atoms with van der Waals surface area (Å²) >= 11 is 0.